The van der Waals surface area contributed by atoms with E-state index in [1.54, 1.807) is 53.5 Å². The molecule has 1 fully saturated rings. The first-order chi connectivity index (χ1) is 13.7. The van der Waals surface area contributed by atoms with E-state index in [1.165, 1.54) is 0 Å². The summed E-state index contributed by atoms with van der Waals surface area (Å²) in [5.74, 6) is -1.57. The molecule has 0 saturated heterocycles. The third-order valence-corrected chi connectivity index (χ3v) is 4.80. The van der Waals surface area contributed by atoms with Crippen LogP contribution in [0.1, 0.15) is 80.1 Å². The number of carbonyl (C=O) groups excluding carboxylic acids is 3. The summed E-state index contributed by atoms with van der Waals surface area (Å²) in [5, 5.41) is 12.0. The Morgan fingerprint density at radius 2 is 1.63 bits per heavy atom. The largest absolute Gasteiger partial charge is 0.460 e. The van der Waals surface area contributed by atoms with Crippen molar-refractivity contribution in [3.63, 3.8) is 0 Å². The fourth-order valence-electron chi connectivity index (χ4n) is 3.59. The summed E-state index contributed by atoms with van der Waals surface area (Å²) in [6.07, 6.45) is 2.61. The van der Waals surface area contributed by atoms with E-state index in [2.05, 4.69) is 5.32 Å². The van der Waals surface area contributed by atoms with Crippen molar-refractivity contribution in [3.05, 3.63) is 0 Å². The Labute approximate surface area is 180 Å². The minimum atomic E-state index is -0.779. The molecule has 2 amide bonds. The molecule has 1 rings (SSSR count). The summed E-state index contributed by atoms with van der Waals surface area (Å²) >= 11 is 0. The van der Waals surface area contributed by atoms with E-state index in [4.69, 9.17) is 14.7 Å². The molecule has 30 heavy (non-hydrogen) atoms. The first-order valence-corrected chi connectivity index (χ1v) is 10.6. The molecule has 0 aliphatic heterocycles. The van der Waals surface area contributed by atoms with Crippen molar-refractivity contribution in [2.75, 3.05) is 7.05 Å². The number of hydrogen-bond acceptors (Lipinski definition) is 6. The first-order valence-electron chi connectivity index (χ1n) is 10.6. The predicted molar refractivity (Wildman–Crippen MR) is 112 cm³/mol. The molecule has 0 aromatic carbocycles. The number of hydrogen-bond donors (Lipinski definition) is 1. The Kier molecular flexibility index (Phi) is 9.13. The van der Waals surface area contributed by atoms with Gasteiger partial charge in [0, 0.05) is 13.5 Å². The van der Waals surface area contributed by atoms with Crippen molar-refractivity contribution < 1.29 is 23.9 Å². The topological polar surface area (TPSA) is 109 Å². The van der Waals surface area contributed by atoms with Crippen LogP contribution in [0.3, 0.4) is 0 Å². The molecule has 1 N–H and O–H groups in total. The first kappa shape index (κ1) is 25.7. The van der Waals surface area contributed by atoms with Crippen LogP contribution in [-0.4, -0.2) is 53.2 Å². The van der Waals surface area contributed by atoms with Gasteiger partial charge in [-0.1, -0.05) is 12.8 Å². The van der Waals surface area contributed by atoms with Gasteiger partial charge >= 0.3 is 12.1 Å². The molecule has 8 nitrogen and oxygen atoms in total. The highest BCUT2D eigenvalue weighted by Gasteiger charge is 2.36. The average molecular weight is 424 g/mol. The summed E-state index contributed by atoms with van der Waals surface area (Å²) < 4.78 is 10.7. The second-order valence-electron chi connectivity index (χ2n) is 9.90. The van der Waals surface area contributed by atoms with Gasteiger partial charge in [-0.3, -0.25) is 9.59 Å². The van der Waals surface area contributed by atoms with Gasteiger partial charge in [0.1, 0.15) is 11.2 Å². The van der Waals surface area contributed by atoms with Gasteiger partial charge in [0.25, 0.3) is 0 Å². The van der Waals surface area contributed by atoms with E-state index in [1.807, 2.05) is 6.07 Å². The van der Waals surface area contributed by atoms with E-state index in [0.717, 1.165) is 25.7 Å². The zero-order valence-corrected chi connectivity index (χ0v) is 19.4. The van der Waals surface area contributed by atoms with Crippen LogP contribution < -0.4 is 5.32 Å². The van der Waals surface area contributed by atoms with Gasteiger partial charge in [-0.25, -0.2) is 4.79 Å². The molecule has 0 heterocycles. The number of carbonyl (C=O) groups is 3. The maximum Gasteiger partial charge on any atom is 0.407 e. The van der Waals surface area contributed by atoms with Gasteiger partial charge in [-0.05, 0) is 54.4 Å². The van der Waals surface area contributed by atoms with E-state index in [-0.39, 0.29) is 30.8 Å². The highest BCUT2D eigenvalue weighted by Crippen LogP contribution is 2.26. The SMILES string of the molecule is CN(C(=O)[C@H](CC#N)CC(=O)OC(C)(C)C)[C@H]1CCCC[C@@H]1NC(=O)OC(C)(C)C. The van der Waals surface area contributed by atoms with Crippen molar-refractivity contribution in [2.24, 2.45) is 5.92 Å². The molecule has 0 bridgehead atoms. The van der Waals surface area contributed by atoms with E-state index >= 15 is 0 Å². The van der Waals surface area contributed by atoms with Crippen molar-refractivity contribution in [1.29, 1.82) is 5.26 Å². The van der Waals surface area contributed by atoms with Crippen LogP contribution in [0.4, 0.5) is 4.79 Å². The van der Waals surface area contributed by atoms with Gasteiger partial charge in [0.2, 0.25) is 5.91 Å². The van der Waals surface area contributed by atoms with Gasteiger partial charge in [-0.2, -0.15) is 5.26 Å². The molecular weight excluding hydrogens is 386 g/mol. The van der Waals surface area contributed by atoms with Crippen molar-refractivity contribution in [2.45, 2.75) is 103 Å². The summed E-state index contributed by atoms with van der Waals surface area (Å²) in [5.41, 5.74) is -1.27. The van der Waals surface area contributed by atoms with Crippen LogP contribution in [0, 0.1) is 17.2 Å². The summed E-state index contributed by atoms with van der Waals surface area (Å²) in [4.78, 5) is 39.1. The highest BCUT2D eigenvalue weighted by atomic mass is 16.6. The molecular formula is C22H37N3O5. The van der Waals surface area contributed by atoms with Gasteiger partial charge < -0.3 is 19.7 Å². The molecule has 8 heteroatoms. The molecule has 0 spiro atoms. The Hall–Kier alpha value is -2.30. The number of nitrogens with zero attached hydrogens (tertiary/aromatic N) is 2. The molecule has 0 aromatic rings. The molecule has 0 radical (unpaired) electrons. The Bertz CT molecular complexity index is 657. The third-order valence-electron chi connectivity index (χ3n) is 4.80. The van der Waals surface area contributed by atoms with Gasteiger partial charge in [0.15, 0.2) is 0 Å². The fourth-order valence-corrected chi connectivity index (χ4v) is 3.59. The maximum atomic E-state index is 13.1. The Morgan fingerprint density at radius 1 is 1.07 bits per heavy atom. The predicted octanol–water partition coefficient (Wildman–Crippen LogP) is 3.54. The Morgan fingerprint density at radius 3 is 2.17 bits per heavy atom. The van der Waals surface area contributed by atoms with Crippen LogP contribution >= 0.6 is 0 Å². The number of nitrogens with one attached hydrogen (secondary N) is 1. The Balaban J connectivity index is 2.87. The van der Waals surface area contributed by atoms with Crippen LogP contribution in [-0.2, 0) is 19.1 Å². The van der Waals surface area contributed by atoms with Crippen LogP contribution in [0.5, 0.6) is 0 Å². The molecule has 3 atom stereocenters. The second-order valence-corrected chi connectivity index (χ2v) is 9.90. The standard InChI is InChI=1S/C22H37N3O5/c1-21(2,3)29-18(26)14-15(12-13-23)19(27)25(7)17-11-9-8-10-16(17)24-20(28)30-22(4,5)6/h15-17H,8-12,14H2,1-7H3,(H,24,28)/t15-,16+,17+/m1/s1. The third kappa shape index (κ3) is 9.02. The second kappa shape index (κ2) is 10.6. The number of rotatable bonds is 6. The molecule has 0 aromatic heterocycles. The van der Waals surface area contributed by atoms with E-state index in [9.17, 15) is 14.4 Å². The van der Waals surface area contributed by atoms with Crippen LogP contribution in [0.15, 0.2) is 0 Å². The highest BCUT2D eigenvalue weighted by molar-refractivity contribution is 5.84. The monoisotopic (exact) mass is 423 g/mol. The smallest absolute Gasteiger partial charge is 0.407 e. The average Bonchev–Trinajstić information content (AvgIpc) is 2.57. The summed E-state index contributed by atoms with van der Waals surface area (Å²) in [7, 11) is 1.67. The quantitative estimate of drug-likeness (QED) is 0.655. The van der Waals surface area contributed by atoms with Crippen molar-refractivity contribution in [1.82, 2.24) is 10.2 Å². The number of likely N-dealkylation sites (N-methyl/N-ethyl adjacent to an activating group) is 1. The van der Waals surface area contributed by atoms with Gasteiger partial charge in [-0.15, -0.1) is 0 Å². The fraction of sp³-hybridized carbons (Fsp3) is 0.818. The summed E-state index contributed by atoms with van der Waals surface area (Å²) in [6, 6.07) is 1.53. The van der Waals surface area contributed by atoms with Gasteiger partial charge in [0.05, 0.1) is 30.5 Å². The molecule has 0 unspecified atom stereocenters. The van der Waals surface area contributed by atoms with Crippen LogP contribution in [0.2, 0.25) is 0 Å². The lowest BCUT2D eigenvalue weighted by Crippen LogP contribution is -2.55. The number of nitriles is 1. The molecule has 1 aliphatic rings. The van der Waals surface area contributed by atoms with E-state index in [0.29, 0.717) is 0 Å². The minimum absolute atomic E-state index is 0.0701. The van der Waals surface area contributed by atoms with E-state index < -0.39 is 29.2 Å². The van der Waals surface area contributed by atoms with Crippen molar-refractivity contribution >= 4 is 18.0 Å². The number of esters is 1. The molecule has 1 saturated carbocycles. The minimum Gasteiger partial charge on any atom is -0.460 e. The zero-order chi connectivity index (χ0) is 23.1. The number of alkyl carbamates (subject to hydrolysis) is 1. The zero-order valence-electron chi connectivity index (χ0n) is 19.4. The number of amides is 2. The lowest BCUT2D eigenvalue weighted by molar-refractivity contribution is -0.158. The lowest BCUT2D eigenvalue weighted by Gasteiger charge is -2.39. The molecule has 170 valence electrons. The molecule has 1 aliphatic carbocycles. The summed E-state index contributed by atoms with van der Waals surface area (Å²) in [6.45, 7) is 10.7. The van der Waals surface area contributed by atoms with Crippen molar-refractivity contribution in [3.8, 4) is 6.07 Å². The number of ether oxygens (including phenoxy) is 2. The van der Waals surface area contributed by atoms with Crippen LogP contribution in [0.25, 0.3) is 0 Å². The maximum absolute atomic E-state index is 13.1. The normalized spacial score (nSPS) is 20.5. The lowest BCUT2D eigenvalue weighted by atomic mass is 9.88.